The third kappa shape index (κ3) is 2.57. The van der Waals surface area contributed by atoms with Crippen molar-refractivity contribution in [2.24, 2.45) is 5.92 Å². The lowest BCUT2D eigenvalue weighted by Crippen LogP contribution is -2.04. The summed E-state index contributed by atoms with van der Waals surface area (Å²) < 4.78 is 1.21. The number of nitrogens with one attached hydrogen (secondary N) is 1. The largest absolute Gasteiger partial charge is 0.761 e. The maximum Gasteiger partial charge on any atom is 0.123 e. The summed E-state index contributed by atoms with van der Waals surface area (Å²) in [5.41, 5.74) is 10.1. The summed E-state index contributed by atoms with van der Waals surface area (Å²) in [5, 5.41) is 15.1. The van der Waals surface area contributed by atoms with Crippen LogP contribution in [0.3, 0.4) is 0 Å². The first-order chi connectivity index (χ1) is 9.49. The summed E-state index contributed by atoms with van der Waals surface area (Å²) in [7, 11) is 0. The van der Waals surface area contributed by atoms with Crippen molar-refractivity contribution in [1.82, 2.24) is 9.78 Å². The molecule has 0 bridgehead atoms. The van der Waals surface area contributed by atoms with E-state index in [0.717, 1.165) is 17.5 Å². The van der Waals surface area contributed by atoms with Gasteiger partial charge in [0.25, 0.3) is 0 Å². The molecule has 1 unspecified atom stereocenters. The Hall–Kier alpha value is -1.43. The van der Waals surface area contributed by atoms with Gasteiger partial charge >= 0.3 is 0 Å². The molecular formula is C13H13Cl2N4O-. The summed E-state index contributed by atoms with van der Waals surface area (Å²) in [6.45, 7) is 0.689. The Morgan fingerprint density at radius 2 is 2.20 bits per heavy atom. The Labute approximate surface area is 126 Å². The first-order valence-electron chi connectivity index (χ1n) is 6.18. The highest BCUT2D eigenvalue weighted by atomic mass is 35.5. The molecule has 1 aliphatic rings. The maximum atomic E-state index is 10.8. The van der Waals surface area contributed by atoms with Crippen molar-refractivity contribution in [3.8, 4) is 11.1 Å². The van der Waals surface area contributed by atoms with Gasteiger partial charge in [-0.1, -0.05) is 6.07 Å². The predicted octanol–water partition coefficient (Wildman–Crippen LogP) is 3.24. The lowest BCUT2D eigenvalue weighted by Gasteiger charge is -2.13. The number of hydrogen-bond donors (Lipinski definition) is 2. The zero-order valence-electron chi connectivity index (χ0n) is 10.5. The molecule has 1 heterocycles. The molecule has 2 aromatic rings. The van der Waals surface area contributed by atoms with Crippen LogP contribution in [-0.4, -0.2) is 14.1 Å². The van der Waals surface area contributed by atoms with Gasteiger partial charge in [0.15, 0.2) is 0 Å². The van der Waals surface area contributed by atoms with Gasteiger partial charge in [0, 0.05) is 29.9 Å². The molecule has 20 heavy (non-hydrogen) atoms. The van der Waals surface area contributed by atoms with Crippen LogP contribution in [0.4, 0.5) is 11.4 Å². The van der Waals surface area contributed by atoms with Gasteiger partial charge < -0.3 is 16.4 Å². The van der Waals surface area contributed by atoms with Gasteiger partial charge in [0.1, 0.15) is 4.33 Å². The van der Waals surface area contributed by atoms with Gasteiger partial charge in [0.05, 0.1) is 11.9 Å². The Bertz CT molecular complexity index is 641. The van der Waals surface area contributed by atoms with Crippen molar-refractivity contribution >= 4 is 34.6 Å². The second kappa shape index (κ2) is 4.84. The molecule has 1 saturated carbocycles. The summed E-state index contributed by atoms with van der Waals surface area (Å²) in [6, 6.07) is 5.24. The third-order valence-corrected chi connectivity index (χ3v) is 4.42. The Morgan fingerprint density at radius 1 is 1.45 bits per heavy atom. The van der Waals surface area contributed by atoms with E-state index >= 15 is 0 Å². The van der Waals surface area contributed by atoms with E-state index in [0.29, 0.717) is 17.9 Å². The molecule has 3 rings (SSSR count). The van der Waals surface area contributed by atoms with Crippen LogP contribution in [0.15, 0.2) is 30.6 Å². The van der Waals surface area contributed by atoms with Crippen LogP contribution in [0.25, 0.3) is 11.1 Å². The molecular weight excluding hydrogens is 299 g/mol. The van der Waals surface area contributed by atoms with E-state index in [2.05, 4.69) is 5.10 Å². The molecule has 0 aliphatic heterocycles. The average molecular weight is 312 g/mol. The average Bonchev–Trinajstić information content (AvgIpc) is 2.82. The molecule has 3 N–H and O–H groups in total. The lowest BCUT2D eigenvalue weighted by molar-refractivity contribution is 0.559. The Kier molecular flexibility index (Phi) is 3.28. The number of nitrogen functional groups attached to an aromatic ring is 1. The minimum Gasteiger partial charge on any atom is -0.761 e. The van der Waals surface area contributed by atoms with Crippen LogP contribution in [0.2, 0.25) is 0 Å². The molecule has 5 nitrogen and oxygen atoms in total. The van der Waals surface area contributed by atoms with Gasteiger partial charge in [-0.25, -0.2) is 0 Å². The second-order valence-electron chi connectivity index (χ2n) is 5.02. The van der Waals surface area contributed by atoms with Gasteiger partial charge in [-0.3, -0.25) is 4.68 Å². The number of benzene rings is 1. The van der Waals surface area contributed by atoms with Crippen molar-refractivity contribution in [2.75, 3.05) is 11.2 Å². The number of nitrogens with zero attached hydrogens (tertiary/aromatic N) is 2. The maximum absolute atomic E-state index is 10.8. The van der Waals surface area contributed by atoms with Crippen LogP contribution >= 0.6 is 23.2 Å². The van der Waals surface area contributed by atoms with Crippen LogP contribution in [0, 0.1) is 11.1 Å². The number of anilines is 2. The second-order valence-corrected chi connectivity index (χ2v) is 6.56. The molecule has 0 radical (unpaired) electrons. The monoisotopic (exact) mass is 311 g/mol. The van der Waals surface area contributed by atoms with Crippen LogP contribution < -0.4 is 11.2 Å². The molecule has 1 aromatic heterocycles. The van der Waals surface area contributed by atoms with E-state index < -0.39 is 4.33 Å². The Morgan fingerprint density at radius 3 is 2.85 bits per heavy atom. The van der Waals surface area contributed by atoms with E-state index in [1.165, 1.54) is 0 Å². The summed E-state index contributed by atoms with van der Waals surface area (Å²) in [4.78, 5) is 0. The van der Waals surface area contributed by atoms with E-state index in [1.807, 2.05) is 22.4 Å². The van der Waals surface area contributed by atoms with Gasteiger partial charge in [-0.15, -0.1) is 23.2 Å². The van der Waals surface area contributed by atoms with Crippen molar-refractivity contribution < 1.29 is 0 Å². The number of hydrogen-bond acceptors (Lipinski definition) is 4. The fourth-order valence-electron chi connectivity index (χ4n) is 2.13. The van der Waals surface area contributed by atoms with E-state index in [4.69, 9.17) is 28.9 Å². The fraction of sp³-hybridized carbons (Fsp3) is 0.308. The number of nitrogens with two attached hydrogens (primary N) is 1. The molecule has 7 heteroatoms. The highest BCUT2D eigenvalue weighted by molar-refractivity contribution is 6.50. The first kappa shape index (κ1) is 13.5. The van der Waals surface area contributed by atoms with E-state index in [9.17, 15) is 5.21 Å². The fourth-order valence-corrected chi connectivity index (χ4v) is 2.64. The quantitative estimate of drug-likeness (QED) is 0.516. The zero-order chi connectivity index (χ0) is 14.3. The van der Waals surface area contributed by atoms with Crippen molar-refractivity contribution in [3.05, 3.63) is 35.8 Å². The van der Waals surface area contributed by atoms with Crippen LogP contribution in [0.1, 0.15) is 6.42 Å². The van der Waals surface area contributed by atoms with Gasteiger partial charge in [-0.2, -0.15) is 5.10 Å². The highest BCUT2D eigenvalue weighted by Crippen LogP contribution is 2.53. The van der Waals surface area contributed by atoms with Crippen LogP contribution in [0.5, 0.6) is 0 Å². The summed E-state index contributed by atoms with van der Waals surface area (Å²) in [5.74, 6) is 0.240. The zero-order valence-corrected chi connectivity index (χ0v) is 12.0. The van der Waals surface area contributed by atoms with E-state index in [1.54, 1.807) is 18.3 Å². The molecule has 0 spiro atoms. The van der Waals surface area contributed by atoms with Crippen molar-refractivity contribution in [3.63, 3.8) is 0 Å². The van der Waals surface area contributed by atoms with Crippen LogP contribution in [-0.2, 0) is 6.54 Å². The molecule has 1 atom stereocenters. The summed E-state index contributed by atoms with van der Waals surface area (Å²) >= 11 is 12.0. The highest BCUT2D eigenvalue weighted by Gasteiger charge is 2.51. The normalized spacial score (nSPS) is 19.9. The van der Waals surface area contributed by atoms with Crippen molar-refractivity contribution in [1.29, 1.82) is 0 Å². The standard InChI is InChI=1S/C13H13Cl2N4O/c14-13(15)4-10(13)7-19-6-9(5-17-19)8-1-2-11(16)12(3-8)18-20/h1-3,5-6,10,18H,4,7,16H2/q-1. The molecule has 1 fully saturated rings. The minimum atomic E-state index is -0.604. The third-order valence-electron chi connectivity index (χ3n) is 3.49. The number of halogens is 2. The Balaban J connectivity index is 1.79. The predicted molar refractivity (Wildman–Crippen MR) is 81.6 cm³/mol. The molecule has 1 aromatic carbocycles. The lowest BCUT2D eigenvalue weighted by atomic mass is 10.1. The minimum absolute atomic E-state index is 0.240. The first-order valence-corrected chi connectivity index (χ1v) is 6.93. The van der Waals surface area contributed by atoms with E-state index in [-0.39, 0.29) is 5.92 Å². The van der Waals surface area contributed by atoms with Crippen molar-refractivity contribution in [2.45, 2.75) is 17.3 Å². The number of alkyl halides is 2. The topological polar surface area (TPSA) is 78.9 Å². The van der Waals surface area contributed by atoms with Gasteiger partial charge in [0.2, 0.25) is 0 Å². The molecule has 106 valence electrons. The van der Waals surface area contributed by atoms with Gasteiger partial charge in [-0.05, 0) is 24.1 Å². The smallest absolute Gasteiger partial charge is 0.123 e. The molecule has 1 aliphatic carbocycles. The SMILES string of the molecule is Nc1ccc(-c2cnn(CC3CC3(Cl)Cl)c2)cc1N[O-]. The molecule has 0 amide bonds. The number of aromatic nitrogens is 2. The summed E-state index contributed by atoms with van der Waals surface area (Å²) in [6.07, 6.45) is 4.44. The molecule has 0 saturated heterocycles. The number of rotatable bonds is 4.